The van der Waals surface area contributed by atoms with Crippen LogP contribution in [-0.4, -0.2) is 37.0 Å². The normalized spacial score (nSPS) is 14.8. The van der Waals surface area contributed by atoms with Gasteiger partial charge in [-0.05, 0) is 5.56 Å². The first-order valence-electron chi connectivity index (χ1n) is 5.46. The maximum Gasteiger partial charge on any atom is 0.414 e. The summed E-state index contributed by atoms with van der Waals surface area (Å²) in [5, 5.41) is 11.2. The third kappa shape index (κ3) is 4.22. The number of aliphatic hydroxyl groups excluding tert-OH is 1. The van der Waals surface area contributed by atoms with E-state index >= 15 is 0 Å². The molecule has 0 saturated heterocycles. The molecule has 0 amide bonds. The molecule has 0 fully saturated rings. The average molecular weight is 277 g/mol. The predicted octanol–water partition coefficient (Wildman–Crippen LogP) is 1.41. The number of alkyl halides is 3. The Hall–Kier alpha value is -1.60. The van der Waals surface area contributed by atoms with Crippen molar-refractivity contribution in [2.45, 2.75) is 18.3 Å². The Kier molecular flexibility index (Phi) is 5.31. The van der Waals surface area contributed by atoms with Crippen LogP contribution in [0.3, 0.4) is 0 Å². The number of halogens is 3. The highest BCUT2D eigenvalue weighted by Gasteiger charge is 2.46. The Morgan fingerprint density at radius 1 is 1.37 bits per heavy atom. The number of carbonyl (C=O) groups excluding carboxylic acids is 1. The lowest BCUT2D eigenvalue weighted by Gasteiger charge is -2.24. The fourth-order valence-electron chi connectivity index (χ4n) is 1.55. The summed E-state index contributed by atoms with van der Waals surface area (Å²) in [7, 11) is 0.874. The van der Waals surface area contributed by atoms with Gasteiger partial charge in [-0.1, -0.05) is 30.3 Å². The number of methoxy groups -OCH3 is 1. The lowest BCUT2D eigenvalue weighted by molar-refractivity contribution is -0.184. The molecule has 0 spiro atoms. The summed E-state index contributed by atoms with van der Waals surface area (Å²) in [4.78, 5) is 11.2. The van der Waals surface area contributed by atoms with Crippen LogP contribution in [-0.2, 0) is 9.53 Å². The summed E-state index contributed by atoms with van der Waals surface area (Å²) < 4.78 is 42.3. The van der Waals surface area contributed by atoms with Crippen LogP contribution in [0.15, 0.2) is 30.3 Å². The van der Waals surface area contributed by atoms with Crippen LogP contribution in [0.4, 0.5) is 13.2 Å². The van der Waals surface area contributed by atoms with Gasteiger partial charge in [-0.2, -0.15) is 13.2 Å². The van der Waals surface area contributed by atoms with Crippen molar-refractivity contribution in [1.82, 2.24) is 5.32 Å². The number of benzene rings is 1. The van der Waals surface area contributed by atoms with Gasteiger partial charge >= 0.3 is 12.1 Å². The topological polar surface area (TPSA) is 58.6 Å². The van der Waals surface area contributed by atoms with Crippen molar-refractivity contribution < 1.29 is 27.8 Å². The molecule has 0 aliphatic heterocycles. The van der Waals surface area contributed by atoms with Gasteiger partial charge in [0.05, 0.1) is 19.8 Å². The lowest BCUT2D eigenvalue weighted by atomic mass is 10.1. The van der Waals surface area contributed by atoms with Crippen LogP contribution in [0.25, 0.3) is 0 Å². The molecule has 0 aromatic heterocycles. The lowest BCUT2D eigenvalue weighted by Crippen LogP contribution is -2.50. The maximum absolute atomic E-state index is 12.7. The van der Waals surface area contributed by atoms with Gasteiger partial charge in [0.2, 0.25) is 6.04 Å². The molecule has 2 N–H and O–H groups in total. The van der Waals surface area contributed by atoms with E-state index in [1.165, 1.54) is 0 Å². The summed E-state index contributed by atoms with van der Waals surface area (Å²) >= 11 is 0. The highest BCUT2D eigenvalue weighted by molar-refractivity contribution is 5.76. The van der Waals surface area contributed by atoms with E-state index < -0.39 is 30.8 Å². The van der Waals surface area contributed by atoms with Crippen LogP contribution in [0, 0.1) is 0 Å². The molecule has 1 aromatic rings. The van der Waals surface area contributed by atoms with Crippen molar-refractivity contribution in [3.63, 3.8) is 0 Å². The summed E-state index contributed by atoms with van der Waals surface area (Å²) in [5.41, 5.74) is 0.447. The first-order valence-corrected chi connectivity index (χ1v) is 5.46. The van der Waals surface area contributed by atoms with Gasteiger partial charge in [0.25, 0.3) is 0 Å². The van der Waals surface area contributed by atoms with Gasteiger partial charge in [0.15, 0.2) is 0 Å². The van der Waals surface area contributed by atoms with Gasteiger partial charge < -0.3 is 9.84 Å². The van der Waals surface area contributed by atoms with Gasteiger partial charge in [-0.3, -0.25) is 10.1 Å². The summed E-state index contributed by atoms with van der Waals surface area (Å²) in [6.45, 7) is -0.576. The minimum atomic E-state index is -4.80. The van der Waals surface area contributed by atoms with Gasteiger partial charge in [0, 0.05) is 0 Å². The molecule has 0 saturated carbocycles. The first-order chi connectivity index (χ1) is 8.90. The zero-order valence-electron chi connectivity index (χ0n) is 10.1. The largest absolute Gasteiger partial charge is 0.468 e. The van der Waals surface area contributed by atoms with Crippen molar-refractivity contribution in [2.24, 2.45) is 0 Å². The van der Waals surface area contributed by atoms with Crippen molar-refractivity contribution >= 4 is 5.97 Å². The smallest absolute Gasteiger partial charge is 0.414 e. The third-order valence-corrected chi connectivity index (χ3v) is 2.52. The molecular weight excluding hydrogens is 263 g/mol. The molecule has 0 radical (unpaired) electrons. The van der Waals surface area contributed by atoms with Crippen molar-refractivity contribution in [1.29, 1.82) is 0 Å². The van der Waals surface area contributed by atoms with Crippen molar-refractivity contribution in [2.75, 3.05) is 13.7 Å². The van der Waals surface area contributed by atoms with Crippen molar-refractivity contribution in [3.05, 3.63) is 35.9 Å². The number of hydrogen-bond acceptors (Lipinski definition) is 4. The first kappa shape index (κ1) is 15.5. The predicted molar refractivity (Wildman–Crippen MR) is 61.3 cm³/mol. The minimum absolute atomic E-state index is 0.447. The number of hydrogen-bond donors (Lipinski definition) is 2. The van der Waals surface area contributed by atoms with E-state index in [1.54, 1.807) is 30.3 Å². The monoisotopic (exact) mass is 277 g/mol. The molecule has 2 atom stereocenters. The minimum Gasteiger partial charge on any atom is -0.468 e. The standard InChI is InChI=1S/C12H14F3NO3/c1-19-11(18)10(12(13,14)15)16-9(7-17)8-5-3-2-4-6-8/h2-6,9-10,16-17H,7H2,1H3/t9-,10+/m0/s1. The second-order valence-corrected chi connectivity index (χ2v) is 3.81. The molecule has 1 aromatic carbocycles. The molecule has 7 heteroatoms. The Morgan fingerprint density at radius 3 is 2.37 bits per heavy atom. The number of ether oxygens (including phenoxy) is 1. The van der Waals surface area contributed by atoms with E-state index in [9.17, 15) is 18.0 Å². The third-order valence-electron chi connectivity index (χ3n) is 2.52. The summed E-state index contributed by atoms with van der Waals surface area (Å²) in [6.07, 6.45) is -4.80. The molecular formula is C12H14F3NO3. The second kappa shape index (κ2) is 6.53. The van der Waals surface area contributed by atoms with E-state index in [0.717, 1.165) is 7.11 Å². The Morgan fingerprint density at radius 2 is 1.95 bits per heavy atom. The molecule has 0 aliphatic carbocycles. The number of carbonyl (C=O) groups is 1. The summed E-state index contributed by atoms with van der Waals surface area (Å²) in [6, 6.07) is 4.57. The van der Waals surface area contributed by atoms with E-state index in [-0.39, 0.29) is 0 Å². The second-order valence-electron chi connectivity index (χ2n) is 3.81. The van der Waals surface area contributed by atoms with Gasteiger partial charge in [-0.15, -0.1) is 0 Å². The van der Waals surface area contributed by atoms with E-state index in [0.29, 0.717) is 5.56 Å². The SMILES string of the molecule is COC(=O)[C@@H](N[C@@H](CO)c1ccccc1)C(F)(F)F. The molecule has 0 aliphatic rings. The maximum atomic E-state index is 12.7. The van der Waals surface area contributed by atoms with Crippen LogP contribution >= 0.6 is 0 Å². The quantitative estimate of drug-likeness (QED) is 0.799. The fourth-order valence-corrected chi connectivity index (χ4v) is 1.55. The highest BCUT2D eigenvalue weighted by Crippen LogP contribution is 2.24. The zero-order valence-corrected chi connectivity index (χ0v) is 10.1. The zero-order chi connectivity index (χ0) is 14.5. The number of nitrogens with one attached hydrogen (secondary N) is 1. The molecule has 4 nitrogen and oxygen atoms in total. The average Bonchev–Trinajstić information content (AvgIpc) is 2.38. The van der Waals surface area contributed by atoms with Gasteiger partial charge in [-0.25, -0.2) is 0 Å². The summed E-state index contributed by atoms with van der Waals surface area (Å²) in [5.74, 6) is -1.44. The number of rotatable bonds is 5. The molecule has 0 unspecified atom stereocenters. The van der Waals surface area contributed by atoms with E-state index in [1.807, 2.05) is 0 Å². The van der Waals surface area contributed by atoms with E-state index in [4.69, 9.17) is 5.11 Å². The number of esters is 1. The molecule has 106 valence electrons. The van der Waals surface area contributed by atoms with Crippen LogP contribution in [0.5, 0.6) is 0 Å². The molecule has 0 bridgehead atoms. The molecule has 19 heavy (non-hydrogen) atoms. The van der Waals surface area contributed by atoms with Gasteiger partial charge in [0.1, 0.15) is 0 Å². The Bertz CT molecular complexity index is 408. The van der Waals surface area contributed by atoms with Crippen LogP contribution in [0.1, 0.15) is 11.6 Å². The highest BCUT2D eigenvalue weighted by atomic mass is 19.4. The molecule has 0 heterocycles. The van der Waals surface area contributed by atoms with Crippen LogP contribution in [0.2, 0.25) is 0 Å². The Balaban J connectivity index is 2.91. The fraction of sp³-hybridized carbons (Fsp3) is 0.417. The Labute approximate surface area is 108 Å². The molecule has 1 rings (SSSR count). The van der Waals surface area contributed by atoms with E-state index in [2.05, 4.69) is 10.1 Å². The van der Waals surface area contributed by atoms with Crippen molar-refractivity contribution in [3.8, 4) is 0 Å². The number of aliphatic hydroxyl groups is 1. The van der Waals surface area contributed by atoms with Crippen LogP contribution < -0.4 is 5.32 Å².